The van der Waals surface area contributed by atoms with Crippen molar-refractivity contribution in [2.24, 2.45) is 5.73 Å². The Balaban J connectivity index is 2.42. The first-order valence-electron chi connectivity index (χ1n) is 11.6. The Morgan fingerprint density at radius 1 is 1.11 bits per heavy atom. The molecule has 2 unspecified atom stereocenters. The standard InChI is InChI=1S/C26H33ClN4O6/c1-15-7-6-8-18(27)21(15)30-23(34)22(16-9-11-17(32)12-10-16)31(5)24(35)19(13-14-20(28)33)29-25(36)37-26(2,3)4/h6-12,19,22,32H,13-14H2,1-5H3,(H2,28,33)(H,29,36)(H,30,34). The molecule has 2 atom stereocenters. The lowest BCUT2D eigenvalue weighted by molar-refractivity contribution is -0.139. The number of anilines is 1. The van der Waals surface area contributed by atoms with Crippen molar-refractivity contribution in [2.75, 3.05) is 12.4 Å². The molecule has 0 spiro atoms. The third kappa shape index (κ3) is 8.68. The summed E-state index contributed by atoms with van der Waals surface area (Å²) in [6, 6.07) is 8.53. The molecule has 0 aliphatic heterocycles. The number of aryl methyl sites for hydroxylation is 1. The molecule has 0 aliphatic carbocycles. The summed E-state index contributed by atoms with van der Waals surface area (Å²) in [6.07, 6.45) is -1.15. The maximum absolute atomic E-state index is 13.6. The number of benzene rings is 2. The molecule has 11 heteroatoms. The van der Waals surface area contributed by atoms with Crippen molar-refractivity contribution in [1.82, 2.24) is 10.2 Å². The van der Waals surface area contributed by atoms with Crippen LogP contribution in [0.25, 0.3) is 0 Å². The van der Waals surface area contributed by atoms with E-state index in [-0.39, 0.29) is 18.6 Å². The molecule has 4 amide bonds. The van der Waals surface area contributed by atoms with E-state index in [1.54, 1.807) is 45.9 Å². The molecule has 0 radical (unpaired) electrons. The van der Waals surface area contributed by atoms with Crippen molar-refractivity contribution in [1.29, 1.82) is 0 Å². The summed E-state index contributed by atoms with van der Waals surface area (Å²) in [6.45, 7) is 6.78. The average Bonchev–Trinajstić information content (AvgIpc) is 2.78. The predicted octanol–water partition coefficient (Wildman–Crippen LogP) is 3.65. The highest BCUT2D eigenvalue weighted by molar-refractivity contribution is 6.34. The van der Waals surface area contributed by atoms with Gasteiger partial charge in [-0.25, -0.2) is 4.79 Å². The number of rotatable bonds is 9. The van der Waals surface area contributed by atoms with E-state index >= 15 is 0 Å². The lowest BCUT2D eigenvalue weighted by atomic mass is 10.0. The van der Waals surface area contributed by atoms with Gasteiger partial charge in [0.1, 0.15) is 23.4 Å². The molecule has 0 bridgehead atoms. The van der Waals surface area contributed by atoms with E-state index in [1.165, 1.54) is 31.3 Å². The smallest absolute Gasteiger partial charge is 0.408 e. The minimum absolute atomic E-state index is 0.0234. The number of nitrogens with two attached hydrogens (primary N) is 1. The molecule has 0 heterocycles. The van der Waals surface area contributed by atoms with E-state index in [9.17, 15) is 24.3 Å². The van der Waals surface area contributed by atoms with Crippen LogP contribution in [0.2, 0.25) is 5.02 Å². The number of carbonyl (C=O) groups is 4. The van der Waals surface area contributed by atoms with E-state index < -0.39 is 41.5 Å². The first kappa shape index (κ1) is 29.4. The van der Waals surface area contributed by atoms with Gasteiger partial charge >= 0.3 is 6.09 Å². The van der Waals surface area contributed by atoms with Crippen LogP contribution in [0.4, 0.5) is 10.5 Å². The number of halogens is 1. The van der Waals surface area contributed by atoms with Gasteiger partial charge in [-0.05, 0) is 63.4 Å². The number of primary amides is 1. The average molecular weight is 533 g/mol. The molecule has 200 valence electrons. The van der Waals surface area contributed by atoms with Crippen molar-refractivity contribution in [3.05, 3.63) is 58.6 Å². The van der Waals surface area contributed by atoms with Gasteiger partial charge in [0.15, 0.2) is 0 Å². The number of carbonyl (C=O) groups excluding carboxylic acids is 4. The van der Waals surface area contributed by atoms with Crippen molar-refractivity contribution in [2.45, 2.75) is 58.2 Å². The van der Waals surface area contributed by atoms with Gasteiger partial charge in [0.05, 0.1) is 10.7 Å². The number of hydrogen-bond donors (Lipinski definition) is 4. The summed E-state index contributed by atoms with van der Waals surface area (Å²) < 4.78 is 5.26. The fourth-order valence-corrected chi connectivity index (χ4v) is 3.83. The molecule has 2 aromatic carbocycles. The Bertz CT molecular complexity index is 1130. The SMILES string of the molecule is Cc1cccc(Cl)c1NC(=O)C(c1ccc(O)cc1)N(C)C(=O)C(CCC(N)=O)NC(=O)OC(C)(C)C. The Labute approximate surface area is 221 Å². The Hall–Kier alpha value is -3.79. The van der Waals surface area contributed by atoms with E-state index in [0.29, 0.717) is 21.8 Å². The van der Waals surface area contributed by atoms with Crippen LogP contribution in [-0.2, 0) is 19.1 Å². The van der Waals surface area contributed by atoms with E-state index in [2.05, 4.69) is 10.6 Å². The lowest BCUT2D eigenvalue weighted by Gasteiger charge is -2.32. The van der Waals surface area contributed by atoms with Crippen molar-refractivity contribution in [3.63, 3.8) is 0 Å². The molecule has 5 N–H and O–H groups in total. The number of amides is 4. The molecule has 2 rings (SSSR count). The van der Waals surface area contributed by atoms with Gasteiger partial charge in [0.2, 0.25) is 11.8 Å². The van der Waals surface area contributed by atoms with Crippen LogP contribution in [0.3, 0.4) is 0 Å². The van der Waals surface area contributed by atoms with Crippen LogP contribution in [0.1, 0.15) is 50.8 Å². The van der Waals surface area contributed by atoms with Gasteiger partial charge in [-0.3, -0.25) is 14.4 Å². The molecular weight excluding hydrogens is 500 g/mol. The summed E-state index contributed by atoms with van der Waals surface area (Å²) in [4.78, 5) is 52.1. The number of ether oxygens (including phenoxy) is 1. The molecule has 0 saturated carbocycles. The van der Waals surface area contributed by atoms with Gasteiger partial charge in [0.25, 0.3) is 5.91 Å². The molecule has 37 heavy (non-hydrogen) atoms. The van der Waals surface area contributed by atoms with Gasteiger partial charge < -0.3 is 31.1 Å². The van der Waals surface area contributed by atoms with Crippen LogP contribution in [0.15, 0.2) is 42.5 Å². The monoisotopic (exact) mass is 532 g/mol. The first-order valence-corrected chi connectivity index (χ1v) is 12.0. The fraction of sp³-hybridized carbons (Fsp3) is 0.385. The van der Waals surface area contributed by atoms with Gasteiger partial charge in [-0.1, -0.05) is 35.9 Å². The van der Waals surface area contributed by atoms with Crippen LogP contribution < -0.4 is 16.4 Å². The first-order chi connectivity index (χ1) is 17.2. The fourth-order valence-electron chi connectivity index (χ4n) is 3.56. The molecular formula is C26H33ClN4O6. The number of nitrogens with zero attached hydrogens (tertiary/aromatic N) is 1. The highest BCUT2D eigenvalue weighted by Crippen LogP contribution is 2.29. The molecule has 0 aromatic heterocycles. The normalized spacial score (nSPS) is 12.7. The largest absolute Gasteiger partial charge is 0.508 e. The maximum atomic E-state index is 13.6. The van der Waals surface area contributed by atoms with E-state index in [0.717, 1.165) is 4.90 Å². The molecule has 0 fully saturated rings. The Morgan fingerprint density at radius 3 is 2.27 bits per heavy atom. The number of hydrogen-bond acceptors (Lipinski definition) is 6. The number of phenolic OH excluding ortho intramolecular Hbond substituents is 1. The zero-order chi connectivity index (χ0) is 27.9. The second-order valence-corrected chi connectivity index (χ2v) is 9.98. The zero-order valence-electron chi connectivity index (χ0n) is 21.5. The lowest BCUT2D eigenvalue weighted by Crippen LogP contribution is -2.51. The predicted molar refractivity (Wildman–Crippen MR) is 140 cm³/mol. The van der Waals surface area contributed by atoms with Crippen LogP contribution in [0.5, 0.6) is 5.75 Å². The number of aromatic hydroxyl groups is 1. The summed E-state index contributed by atoms with van der Waals surface area (Å²) in [7, 11) is 1.40. The number of nitrogens with one attached hydrogen (secondary N) is 2. The van der Waals surface area contributed by atoms with Crippen molar-refractivity contribution >= 4 is 41.1 Å². The van der Waals surface area contributed by atoms with E-state index in [1.807, 2.05) is 0 Å². The second-order valence-electron chi connectivity index (χ2n) is 9.57. The summed E-state index contributed by atoms with van der Waals surface area (Å²) in [5.41, 5.74) is 5.93. The third-order valence-electron chi connectivity index (χ3n) is 5.33. The number of alkyl carbamates (subject to hydrolysis) is 1. The van der Waals surface area contributed by atoms with Crippen molar-refractivity contribution < 1.29 is 29.0 Å². The van der Waals surface area contributed by atoms with Crippen molar-refractivity contribution in [3.8, 4) is 5.75 Å². The highest BCUT2D eigenvalue weighted by Gasteiger charge is 2.34. The zero-order valence-corrected chi connectivity index (χ0v) is 22.3. The number of phenols is 1. The van der Waals surface area contributed by atoms with Gasteiger partial charge in [-0.2, -0.15) is 0 Å². The summed E-state index contributed by atoms with van der Waals surface area (Å²) in [5.74, 6) is -1.92. The summed E-state index contributed by atoms with van der Waals surface area (Å²) >= 11 is 6.29. The second kappa shape index (κ2) is 12.4. The molecule has 10 nitrogen and oxygen atoms in total. The minimum Gasteiger partial charge on any atom is -0.508 e. The van der Waals surface area contributed by atoms with Crippen LogP contribution in [-0.4, -0.2) is 52.5 Å². The van der Waals surface area contributed by atoms with Crippen LogP contribution >= 0.6 is 11.6 Å². The number of para-hydroxylation sites is 1. The Kier molecular flexibility index (Phi) is 9.90. The summed E-state index contributed by atoms with van der Waals surface area (Å²) in [5, 5.41) is 15.3. The minimum atomic E-state index is -1.21. The topological polar surface area (TPSA) is 151 Å². The molecule has 2 aromatic rings. The van der Waals surface area contributed by atoms with Gasteiger partial charge in [-0.15, -0.1) is 0 Å². The molecule has 0 aliphatic rings. The quantitative estimate of drug-likeness (QED) is 0.387. The van der Waals surface area contributed by atoms with Gasteiger partial charge in [0, 0.05) is 13.5 Å². The third-order valence-corrected chi connectivity index (χ3v) is 5.65. The van der Waals surface area contributed by atoms with Crippen LogP contribution in [0, 0.1) is 6.92 Å². The van der Waals surface area contributed by atoms with E-state index in [4.69, 9.17) is 22.1 Å². The molecule has 0 saturated heterocycles. The Morgan fingerprint density at radius 2 is 1.73 bits per heavy atom. The highest BCUT2D eigenvalue weighted by atomic mass is 35.5. The maximum Gasteiger partial charge on any atom is 0.408 e. The number of likely N-dealkylation sites (N-methyl/N-ethyl adjacent to an activating group) is 1.